The van der Waals surface area contributed by atoms with Crippen molar-refractivity contribution in [2.24, 2.45) is 0 Å². The molecule has 7 N–H and O–H groups in total. The fourth-order valence-corrected chi connectivity index (χ4v) is 3.37. The maximum Gasteiger partial charge on any atom is 0.481 e. The molecule has 4 atom stereocenters. The van der Waals surface area contributed by atoms with Gasteiger partial charge >= 0.3 is 23.5 Å². The summed E-state index contributed by atoms with van der Waals surface area (Å²) in [7, 11) is -16.4. The number of rotatable bonds is 10. The third-order valence-electron chi connectivity index (χ3n) is 1.75. The summed E-state index contributed by atoms with van der Waals surface area (Å²) >= 11 is 0. The average Bonchev–Trinajstić information content (AvgIpc) is 2.28. The fourth-order valence-electron chi connectivity index (χ4n) is 1.08. The summed E-state index contributed by atoms with van der Waals surface area (Å²) < 4.78 is 43.7. The van der Waals surface area contributed by atoms with Crippen molar-refractivity contribution in [1.82, 2.24) is 0 Å². The Morgan fingerprint density at radius 3 is 1.77 bits per heavy atom. The zero-order chi connectivity index (χ0) is 17.8. The van der Waals surface area contributed by atoms with Gasteiger partial charge in [-0.1, -0.05) is 0 Å². The lowest BCUT2D eigenvalue weighted by atomic mass is 10.1. The molecule has 22 heavy (non-hydrogen) atoms. The second kappa shape index (κ2) is 8.18. The second-order valence-corrected chi connectivity index (χ2v) is 7.53. The van der Waals surface area contributed by atoms with Gasteiger partial charge in [0.1, 0.15) is 12.2 Å². The van der Waals surface area contributed by atoms with Gasteiger partial charge in [-0.15, -0.1) is 0 Å². The van der Waals surface area contributed by atoms with E-state index in [-0.39, 0.29) is 6.29 Å². The first-order chi connectivity index (χ1) is 9.71. The van der Waals surface area contributed by atoms with Gasteiger partial charge in [0.2, 0.25) is 0 Å². The van der Waals surface area contributed by atoms with Crippen LogP contribution >= 0.6 is 23.5 Å². The van der Waals surface area contributed by atoms with E-state index in [9.17, 15) is 23.6 Å². The highest BCUT2D eigenvalue weighted by molar-refractivity contribution is 7.60. The van der Waals surface area contributed by atoms with Gasteiger partial charge in [0.15, 0.2) is 12.4 Å². The van der Waals surface area contributed by atoms with Gasteiger partial charge in [-0.3, -0.25) is 9.05 Å². The largest absolute Gasteiger partial charge is 0.481 e. The smallest absolute Gasteiger partial charge is 0.394 e. The van der Waals surface area contributed by atoms with Crippen LogP contribution in [0, 0.1) is 0 Å². The average molecular weight is 390 g/mol. The Balaban J connectivity index is 5.37. The van der Waals surface area contributed by atoms with Gasteiger partial charge in [-0.05, 0) is 0 Å². The van der Waals surface area contributed by atoms with Gasteiger partial charge in [-0.25, -0.2) is 13.7 Å². The molecule has 0 spiro atoms. The van der Waals surface area contributed by atoms with Crippen molar-refractivity contribution in [2.75, 3.05) is 6.61 Å². The molecule has 0 rings (SSSR count). The van der Waals surface area contributed by atoms with E-state index in [0.717, 1.165) is 0 Å². The van der Waals surface area contributed by atoms with E-state index >= 15 is 0 Å². The number of phosphoric acid groups is 3. The van der Waals surface area contributed by atoms with Crippen LogP contribution in [0.1, 0.15) is 0 Å². The molecule has 0 aliphatic carbocycles. The Kier molecular flexibility index (Phi) is 8.16. The lowest BCUT2D eigenvalue weighted by molar-refractivity contribution is -0.125. The number of hydrogen-bond acceptors (Lipinski definition) is 9. The highest BCUT2D eigenvalue weighted by Crippen LogP contribution is 2.58. The second-order valence-electron chi connectivity index (χ2n) is 3.56. The number of phosphoric ester groups is 2. The van der Waals surface area contributed by atoms with Crippen LogP contribution < -0.4 is 0 Å². The number of carbonyl (C=O) groups excluding carboxylic acids is 1. The molecule has 0 saturated carbocycles. The maximum absolute atomic E-state index is 11.3. The van der Waals surface area contributed by atoms with Crippen LogP contribution in [-0.4, -0.2) is 65.9 Å². The predicted octanol–water partition coefficient (Wildman–Crippen LogP) is -2.39. The molecule has 0 aliphatic heterocycles. The van der Waals surface area contributed by atoms with Gasteiger partial charge in [0, 0.05) is 0 Å². The third-order valence-corrected chi connectivity index (χ3v) is 4.45. The molecule has 0 fully saturated rings. The highest BCUT2D eigenvalue weighted by Gasteiger charge is 2.42. The van der Waals surface area contributed by atoms with E-state index in [0.29, 0.717) is 0 Å². The quantitative estimate of drug-likeness (QED) is 0.152. The van der Waals surface area contributed by atoms with Crippen molar-refractivity contribution in [3.8, 4) is 0 Å². The van der Waals surface area contributed by atoms with Gasteiger partial charge in [0.05, 0.1) is 6.61 Å². The van der Waals surface area contributed by atoms with Gasteiger partial charge in [-0.2, -0.15) is 4.31 Å². The molecule has 0 heterocycles. The molecule has 0 saturated heterocycles. The molecular formula is C5H13O14P3. The van der Waals surface area contributed by atoms with Crippen molar-refractivity contribution in [2.45, 2.75) is 18.3 Å². The molecular weight excluding hydrogens is 377 g/mol. The van der Waals surface area contributed by atoms with Crippen LogP contribution in [-0.2, 0) is 31.8 Å². The monoisotopic (exact) mass is 390 g/mol. The molecule has 1 unspecified atom stereocenters. The highest BCUT2D eigenvalue weighted by atomic mass is 31.3. The Labute approximate surface area is 122 Å². The van der Waals surface area contributed by atoms with Crippen LogP contribution in [0.15, 0.2) is 0 Å². The SMILES string of the molecule is O=C[C@H](OP(=O)(O)O)[C@H](OP(=O)(O)OP(=O)(O)O)[C@H](O)CO. The summed E-state index contributed by atoms with van der Waals surface area (Å²) in [6.07, 6.45) is -7.30. The number of aldehydes is 1. The first-order valence-electron chi connectivity index (χ1n) is 4.97. The lowest BCUT2D eigenvalue weighted by Crippen LogP contribution is -2.43. The predicted molar refractivity (Wildman–Crippen MR) is 63.9 cm³/mol. The number of hydrogen-bond donors (Lipinski definition) is 7. The standard InChI is InChI=1S/C5H13O14P3/c6-1-3(8)5(4(2-7)17-20(9,10)11)18-22(15,16)19-21(12,13)14/h2-6,8H,1H2,(H,15,16)(H2,9,10,11)(H2,12,13,14)/t3-,4+,5-/m1/s1. The number of aliphatic hydroxyl groups excluding tert-OH is 2. The zero-order valence-electron chi connectivity index (χ0n) is 10.3. The Morgan fingerprint density at radius 1 is 0.955 bits per heavy atom. The van der Waals surface area contributed by atoms with E-state index in [2.05, 4.69) is 13.4 Å². The van der Waals surface area contributed by atoms with Gasteiger partial charge < -0.3 is 39.5 Å². The third kappa shape index (κ3) is 9.18. The van der Waals surface area contributed by atoms with E-state index in [1.165, 1.54) is 0 Å². The van der Waals surface area contributed by atoms with E-state index in [1.807, 2.05) is 0 Å². The van der Waals surface area contributed by atoms with Crippen LogP contribution in [0.5, 0.6) is 0 Å². The van der Waals surface area contributed by atoms with Crippen molar-refractivity contribution >= 4 is 29.8 Å². The Morgan fingerprint density at radius 2 is 1.45 bits per heavy atom. The Hall–Kier alpha value is -0.0400. The van der Waals surface area contributed by atoms with Gasteiger partial charge in [0.25, 0.3) is 0 Å². The fraction of sp³-hybridized carbons (Fsp3) is 0.800. The van der Waals surface area contributed by atoms with Crippen LogP contribution in [0.2, 0.25) is 0 Å². The molecule has 0 radical (unpaired) electrons. The summed E-state index contributed by atoms with van der Waals surface area (Å²) in [5, 5.41) is 18.0. The first-order valence-corrected chi connectivity index (χ1v) is 9.52. The molecule has 0 aliphatic rings. The molecule has 132 valence electrons. The maximum atomic E-state index is 11.3. The summed E-state index contributed by atoms with van der Waals surface area (Å²) in [4.78, 5) is 53.6. The van der Waals surface area contributed by atoms with Crippen LogP contribution in [0.25, 0.3) is 0 Å². The minimum Gasteiger partial charge on any atom is -0.394 e. The van der Waals surface area contributed by atoms with E-state index in [4.69, 9.17) is 29.6 Å². The normalized spacial score (nSPS) is 20.0. The summed E-state index contributed by atoms with van der Waals surface area (Å²) in [5.41, 5.74) is 0. The molecule has 14 nitrogen and oxygen atoms in total. The molecule has 0 bridgehead atoms. The van der Waals surface area contributed by atoms with Crippen LogP contribution in [0.4, 0.5) is 0 Å². The Bertz CT molecular complexity index is 505. The molecule has 0 aromatic carbocycles. The minimum absolute atomic E-state index is 0.347. The topological polar surface area (TPSA) is 238 Å². The molecule has 0 aromatic rings. The number of carbonyl (C=O) groups is 1. The molecule has 17 heteroatoms. The van der Waals surface area contributed by atoms with E-state index in [1.54, 1.807) is 0 Å². The zero-order valence-corrected chi connectivity index (χ0v) is 13.0. The van der Waals surface area contributed by atoms with Crippen LogP contribution in [0.3, 0.4) is 0 Å². The molecule has 0 amide bonds. The summed E-state index contributed by atoms with van der Waals surface area (Å²) in [6.45, 7) is -1.23. The van der Waals surface area contributed by atoms with Crippen molar-refractivity contribution < 1.29 is 66.5 Å². The first kappa shape index (κ1) is 22.0. The summed E-state index contributed by atoms with van der Waals surface area (Å²) in [5.74, 6) is 0. The van der Waals surface area contributed by atoms with Crippen molar-refractivity contribution in [3.63, 3.8) is 0 Å². The van der Waals surface area contributed by atoms with E-state index < -0.39 is 48.4 Å². The molecule has 0 aromatic heterocycles. The minimum atomic E-state index is -5.60. The summed E-state index contributed by atoms with van der Waals surface area (Å²) in [6, 6.07) is 0. The lowest BCUT2D eigenvalue weighted by Gasteiger charge is -2.27. The van der Waals surface area contributed by atoms with Crippen molar-refractivity contribution in [1.29, 1.82) is 0 Å². The van der Waals surface area contributed by atoms with Crippen molar-refractivity contribution in [3.05, 3.63) is 0 Å². The number of aliphatic hydroxyl groups is 2.